The summed E-state index contributed by atoms with van der Waals surface area (Å²) >= 11 is 2.07. The Morgan fingerprint density at radius 3 is 2.60 bits per heavy atom. The summed E-state index contributed by atoms with van der Waals surface area (Å²) in [4.78, 5) is 16.2. The van der Waals surface area contributed by atoms with Crippen molar-refractivity contribution in [2.75, 3.05) is 37.7 Å². The number of thioether (sulfide) groups is 1. The van der Waals surface area contributed by atoms with Crippen LogP contribution in [0.4, 0.5) is 0 Å². The lowest BCUT2D eigenvalue weighted by molar-refractivity contribution is -0.144. The number of benzene rings is 1. The van der Waals surface area contributed by atoms with Gasteiger partial charge in [0.15, 0.2) is 6.10 Å². The van der Waals surface area contributed by atoms with E-state index in [4.69, 9.17) is 9.84 Å². The highest BCUT2D eigenvalue weighted by atomic mass is 32.2. The maximum Gasteiger partial charge on any atom is 0.344 e. The Hall–Kier alpha value is -1.24. The number of carboxylic acids is 1. The standard InChI is InChI=1S/C19H28N2O3S/c1-15(19(22)23)24-18-5-3-2-4-16(18)14-20-8-6-17(7-9-20)21-10-12-25-13-11-21/h2-5,15,17H,6-14H2,1H3,(H,22,23). The Labute approximate surface area is 154 Å². The molecule has 1 aromatic rings. The third-order valence-electron chi connectivity index (χ3n) is 5.14. The highest BCUT2D eigenvalue weighted by Crippen LogP contribution is 2.25. The van der Waals surface area contributed by atoms with E-state index in [0.29, 0.717) is 5.75 Å². The van der Waals surface area contributed by atoms with Crippen LogP contribution in [0.3, 0.4) is 0 Å². The highest BCUT2D eigenvalue weighted by molar-refractivity contribution is 7.99. The number of likely N-dealkylation sites (tertiary alicyclic amines) is 1. The minimum absolute atomic E-state index is 0.688. The molecular weight excluding hydrogens is 336 g/mol. The maximum absolute atomic E-state index is 11.0. The zero-order chi connectivity index (χ0) is 17.6. The molecule has 1 unspecified atom stereocenters. The molecule has 25 heavy (non-hydrogen) atoms. The van der Waals surface area contributed by atoms with Crippen molar-refractivity contribution in [1.82, 2.24) is 9.80 Å². The molecule has 1 aromatic carbocycles. The molecule has 0 amide bonds. The summed E-state index contributed by atoms with van der Waals surface area (Å²) < 4.78 is 5.63. The van der Waals surface area contributed by atoms with E-state index in [1.807, 2.05) is 24.3 Å². The van der Waals surface area contributed by atoms with Gasteiger partial charge in [-0.3, -0.25) is 9.80 Å². The number of ether oxygens (including phenoxy) is 1. The van der Waals surface area contributed by atoms with Crippen LogP contribution in [0.15, 0.2) is 24.3 Å². The second kappa shape index (κ2) is 8.92. The molecule has 0 aliphatic carbocycles. The predicted molar refractivity (Wildman–Crippen MR) is 101 cm³/mol. The monoisotopic (exact) mass is 364 g/mol. The first-order valence-electron chi connectivity index (χ1n) is 9.15. The summed E-state index contributed by atoms with van der Waals surface area (Å²) in [5.41, 5.74) is 1.07. The fourth-order valence-electron chi connectivity index (χ4n) is 3.62. The predicted octanol–water partition coefficient (Wildman–Crippen LogP) is 2.55. The Morgan fingerprint density at radius 2 is 1.92 bits per heavy atom. The fraction of sp³-hybridized carbons (Fsp3) is 0.632. The largest absolute Gasteiger partial charge is 0.479 e. The molecule has 1 N–H and O–H groups in total. The Balaban J connectivity index is 1.54. The van der Waals surface area contributed by atoms with Crippen LogP contribution >= 0.6 is 11.8 Å². The van der Waals surface area contributed by atoms with Crippen molar-refractivity contribution < 1.29 is 14.6 Å². The molecule has 2 aliphatic heterocycles. The molecule has 6 heteroatoms. The van der Waals surface area contributed by atoms with Crippen molar-refractivity contribution >= 4 is 17.7 Å². The summed E-state index contributed by atoms with van der Waals surface area (Å²) in [5, 5.41) is 9.07. The summed E-state index contributed by atoms with van der Waals surface area (Å²) in [5.74, 6) is 2.29. The van der Waals surface area contributed by atoms with Crippen LogP contribution < -0.4 is 4.74 Å². The molecule has 2 aliphatic rings. The molecule has 5 nitrogen and oxygen atoms in total. The van der Waals surface area contributed by atoms with Crippen LogP contribution in [0.25, 0.3) is 0 Å². The SMILES string of the molecule is CC(Oc1ccccc1CN1CCC(N2CCSCC2)CC1)C(=O)O. The van der Waals surface area contributed by atoms with Crippen molar-refractivity contribution in [1.29, 1.82) is 0 Å². The molecule has 2 heterocycles. The molecule has 2 saturated heterocycles. The number of hydrogen-bond acceptors (Lipinski definition) is 5. The third kappa shape index (κ3) is 5.12. The molecule has 0 bridgehead atoms. The summed E-state index contributed by atoms with van der Waals surface area (Å²) in [6.45, 7) is 7.05. The Kier molecular flexibility index (Phi) is 6.62. The first kappa shape index (κ1) is 18.5. The van der Waals surface area contributed by atoms with Gasteiger partial charge in [0, 0.05) is 42.7 Å². The van der Waals surface area contributed by atoms with Gasteiger partial charge in [-0.2, -0.15) is 11.8 Å². The topological polar surface area (TPSA) is 53.0 Å². The van der Waals surface area contributed by atoms with Crippen molar-refractivity contribution in [3.05, 3.63) is 29.8 Å². The Morgan fingerprint density at radius 1 is 1.24 bits per heavy atom. The van der Waals surface area contributed by atoms with E-state index in [1.54, 1.807) is 6.92 Å². The van der Waals surface area contributed by atoms with Crippen LogP contribution in [-0.2, 0) is 11.3 Å². The summed E-state index contributed by atoms with van der Waals surface area (Å²) in [6, 6.07) is 8.53. The van der Waals surface area contributed by atoms with E-state index < -0.39 is 12.1 Å². The van der Waals surface area contributed by atoms with E-state index >= 15 is 0 Å². The van der Waals surface area contributed by atoms with Crippen LogP contribution in [0.5, 0.6) is 5.75 Å². The number of para-hydroxylation sites is 1. The highest BCUT2D eigenvalue weighted by Gasteiger charge is 2.26. The van der Waals surface area contributed by atoms with Crippen molar-refractivity contribution in [2.24, 2.45) is 0 Å². The number of aliphatic carboxylic acids is 1. The van der Waals surface area contributed by atoms with Crippen LogP contribution in [-0.4, -0.2) is 70.7 Å². The van der Waals surface area contributed by atoms with Gasteiger partial charge in [0.2, 0.25) is 0 Å². The summed E-state index contributed by atoms with van der Waals surface area (Å²) in [7, 11) is 0. The van der Waals surface area contributed by atoms with Gasteiger partial charge in [0.05, 0.1) is 0 Å². The lowest BCUT2D eigenvalue weighted by Gasteiger charge is -2.40. The van der Waals surface area contributed by atoms with Gasteiger partial charge in [0.25, 0.3) is 0 Å². The van der Waals surface area contributed by atoms with Crippen molar-refractivity contribution in [3.63, 3.8) is 0 Å². The fourth-order valence-corrected chi connectivity index (χ4v) is 4.55. The second-order valence-electron chi connectivity index (χ2n) is 6.86. The molecule has 0 spiro atoms. The minimum atomic E-state index is -0.935. The van der Waals surface area contributed by atoms with Crippen LogP contribution in [0, 0.1) is 0 Å². The minimum Gasteiger partial charge on any atom is -0.479 e. The summed E-state index contributed by atoms with van der Waals surface area (Å²) in [6.07, 6.45) is 1.61. The van der Waals surface area contributed by atoms with E-state index in [1.165, 1.54) is 37.4 Å². The smallest absolute Gasteiger partial charge is 0.344 e. The van der Waals surface area contributed by atoms with Crippen LogP contribution in [0.2, 0.25) is 0 Å². The number of nitrogens with zero attached hydrogens (tertiary/aromatic N) is 2. The molecule has 0 saturated carbocycles. The van der Waals surface area contributed by atoms with Gasteiger partial charge in [-0.05, 0) is 38.9 Å². The van der Waals surface area contributed by atoms with Crippen LogP contribution in [0.1, 0.15) is 25.3 Å². The number of rotatable bonds is 6. The van der Waals surface area contributed by atoms with E-state index in [2.05, 4.69) is 21.6 Å². The number of carbonyl (C=O) groups is 1. The molecule has 2 fully saturated rings. The van der Waals surface area contributed by atoms with Crippen molar-refractivity contribution in [2.45, 2.75) is 38.5 Å². The normalized spacial score (nSPS) is 21.8. The van der Waals surface area contributed by atoms with Gasteiger partial charge in [-0.1, -0.05) is 18.2 Å². The quantitative estimate of drug-likeness (QED) is 0.837. The Bertz CT molecular complexity index is 570. The zero-order valence-electron chi connectivity index (χ0n) is 14.9. The van der Waals surface area contributed by atoms with Gasteiger partial charge in [-0.25, -0.2) is 4.79 Å². The van der Waals surface area contributed by atoms with Gasteiger partial charge < -0.3 is 9.84 Å². The average molecular weight is 365 g/mol. The second-order valence-corrected chi connectivity index (χ2v) is 8.09. The van der Waals surface area contributed by atoms with Crippen molar-refractivity contribution in [3.8, 4) is 5.75 Å². The first-order chi connectivity index (χ1) is 12.1. The zero-order valence-corrected chi connectivity index (χ0v) is 15.7. The van der Waals surface area contributed by atoms with E-state index in [0.717, 1.165) is 31.2 Å². The maximum atomic E-state index is 11.0. The lowest BCUT2D eigenvalue weighted by Crippen LogP contribution is -2.47. The molecule has 1 atom stereocenters. The molecule has 138 valence electrons. The number of carboxylic acid groups (broad SMARTS) is 1. The molecular formula is C19H28N2O3S. The molecule has 0 radical (unpaired) electrons. The van der Waals surface area contributed by atoms with Gasteiger partial charge >= 0.3 is 5.97 Å². The first-order valence-corrected chi connectivity index (χ1v) is 10.3. The number of hydrogen-bond donors (Lipinski definition) is 1. The molecule has 3 rings (SSSR count). The third-order valence-corrected chi connectivity index (χ3v) is 6.08. The van der Waals surface area contributed by atoms with Gasteiger partial charge in [0.1, 0.15) is 5.75 Å². The molecule has 0 aromatic heterocycles. The van der Waals surface area contributed by atoms with Gasteiger partial charge in [-0.15, -0.1) is 0 Å². The number of piperidine rings is 1. The average Bonchev–Trinajstić information content (AvgIpc) is 2.64. The van der Waals surface area contributed by atoms with E-state index in [-0.39, 0.29) is 0 Å². The lowest BCUT2D eigenvalue weighted by atomic mass is 10.0. The van der Waals surface area contributed by atoms with E-state index in [9.17, 15) is 4.79 Å².